The van der Waals surface area contributed by atoms with Crippen molar-refractivity contribution in [2.45, 2.75) is 6.54 Å². The Kier molecular flexibility index (Phi) is 3.20. The van der Waals surface area contributed by atoms with Crippen LogP contribution in [0.2, 0.25) is 0 Å². The Labute approximate surface area is 104 Å². The molecule has 0 saturated carbocycles. The summed E-state index contributed by atoms with van der Waals surface area (Å²) in [6.07, 6.45) is 1.84. The molecular weight excluding hydrogens is 233 g/mol. The van der Waals surface area contributed by atoms with Gasteiger partial charge in [-0.05, 0) is 23.8 Å². The van der Waals surface area contributed by atoms with Crippen molar-refractivity contribution in [1.82, 2.24) is 4.57 Å². The third kappa shape index (κ3) is 2.43. The number of hydrogen-bond donors (Lipinski definition) is 2. The number of rotatable bonds is 3. The lowest BCUT2D eigenvalue weighted by Gasteiger charge is -2.05. The van der Waals surface area contributed by atoms with E-state index in [4.69, 9.17) is 10.4 Å². The van der Waals surface area contributed by atoms with E-state index >= 15 is 0 Å². The number of nitriles is 1. The molecular formula is C13H12FN3O. The summed E-state index contributed by atoms with van der Waals surface area (Å²) in [4.78, 5) is 0. The first-order chi connectivity index (χ1) is 8.60. The first-order valence-corrected chi connectivity index (χ1v) is 5.38. The Morgan fingerprint density at radius 2 is 2.22 bits per heavy atom. The van der Waals surface area contributed by atoms with Crippen molar-refractivity contribution in [1.29, 1.82) is 5.26 Å². The number of nitrogens with one attached hydrogen (secondary N) is 1. The average molecular weight is 245 g/mol. The lowest BCUT2D eigenvalue weighted by molar-refractivity contribution is 0.432. The first kappa shape index (κ1) is 12.0. The van der Waals surface area contributed by atoms with Gasteiger partial charge in [0.1, 0.15) is 11.8 Å². The summed E-state index contributed by atoms with van der Waals surface area (Å²) in [6, 6.07) is 7.95. The molecule has 0 aliphatic carbocycles. The van der Waals surface area contributed by atoms with Gasteiger partial charge in [-0.15, -0.1) is 0 Å². The number of halogens is 1. The Balaban J connectivity index is 2.07. The van der Waals surface area contributed by atoms with Gasteiger partial charge in [-0.3, -0.25) is 0 Å². The van der Waals surface area contributed by atoms with Crippen molar-refractivity contribution in [3.63, 3.8) is 0 Å². The van der Waals surface area contributed by atoms with Crippen LogP contribution in [0, 0.1) is 17.1 Å². The molecule has 92 valence electrons. The predicted molar refractivity (Wildman–Crippen MR) is 65.5 cm³/mol. The molecule has 2 rings (SSSR count). The number of aromatic nitrogens is 1. The van der Waals surface area contributed by atoms with Crippen LogP contribution in [0.15, 0.2) is 30.5 Å². The Morgan fingerprint density at radius 3 is 2.83 bits per heavy atom. The Morgan fingerprint density at radius 1 is 1.44 bits per heavy atom. The van der Waals surface area contributed by atoms with Crippen LogP contribution in [0.3, 0.4) is 0 Å². The van der Waals surface area contributed by atoms with Crippen LogP contribution < -0.4 is 5.32 Å². The molecule has 0 aliphatic rings. The molecule has 0 fully saturated rings. The van der Waals surface area contributed by atoms with E-state index in [-0.39, 0.29) is 5.75 Å². The van der Waals surface area contributed by atoms with Gasteiger partial charge in [0.25, 0.3) is 0 Å². The monoisotopic (exact) mass is 245 g/mol. The molecule has 0 unspecified atom stereocenters. The Hall–Kier alpha value is -2.48. The number of anilines is 1. The van der Waals surface area contributed by atoms with Crippen molar-refractivity contribution in [3.05, 3.63) is 47.5 Å². The number of aromatic hydroxyl groups is 1. The highest BCUT2D eigenvalue weighted by molar-refractivity contribution is 5.47. The molecule has 1 heterocycles. The van der Waals surface area contributed by atoms with E-state index in [1.54, 1.807) is 23.7 Å². The van der Waals surface area contributed by atoms with Crippen molar-refractivity contribution < 1.29 is 9.50 Å². The second kappa shape index (κ2) is 4.80. The van der Waals surface area contributed by atoms with E-state index in [1.165, 1.54) is 12.1 Å². The predicted octanol–water partition coefficient (Wildman–Crippen LogP) is 2.35. The van der Waals surface area contributed by atoms with Crippen molar-refractivity contribution in [3.8, 4) is 11.8 Å². The van der Waals surface area contributed by atoms with Gasteiger partial charge in [0.05, 0.1) is 0 Å². The van der Waals surface area contributed by atoms with Crippen LogP contribution in [0.5, 0.6) is 5.75 Å². The maximum atomic E-state index is 13.1. The number of aryl methyl sites for hydroxylation is 1. The van der Waals surface area contributed by atoms with Crippen LogP contribution in [-0.4, -0.2) is 9.67 Å². The van der Waals surface area contributed by atoms with Crippen molar-refractivity contribution in [2.24, 2.45) is 7.05 Å². The lowest BCUT2D eigenvalue weighted by atomic mass is 10.2. The molecule has 1 aromatic heterocycles. The van der Waals surface area contributed by atoms with Crippen LogP contribution >= 0.6 is 0 Å². The Bertz CT molecular complexity index is 613. The molecule has 1 aromatic carbocycles. The summed E-state index contributed by atoms with van der Waals surface area (Å²) in [5, 5.41) is 20.9. The van der Waals surface area contributed by atoms with Crippen LogP contribution in [0.1, 0.15) is 11.3 Å². The van der Waals surface area contributed by atoms with E-state index in [0.29, 0.717) is 17.9 Å². The molecule has 0 radical (unpaired) electrons. The van der Waals surface area contributed by atoms with Gasteiger partial charge in [-0.1, -0.05) is 0 Å². The maximum Gasteiger partial charge on any atom is 0.166 e. The third-order valence-corrected chi connectivity index (χ3v) is 2.62. The summed E-state index contributed by atoms with van der Waals surface area (Å²) < 4.78 is 14.8. The minimum Gasteiger partial charge on any atom is -0.505 e. The van der Waals surface area contributed by atoms with Gasteiger partial charge >= 0.3 is 0 Å². The lowest BCUT2D eigenvalue weighted by Crippen LogP contribution is -1.98. The van der Waals surface area contributed by atoms with Crippen molar-refractivity contribution in [2.75, 3.05) is 5.32 Å². The fourth-order valence-electron chi connectivity index (χ4n) is 1.66. The second-order valence-electron chi connectivity index (χ2n) is 3.98. The normalized spacial score (nSPS) is 10.1. The molecule has 18 heavy (non-hydrogen) atoms. The summed E-state index contributed by atoms with van der Waals surface area (Å²) in [5.74, 6) is -1.03. The van der Waals surface area contributed by atoms with E-state index in [9.17, 15) is 4.39 Å². The smallest absolute Gasteiger partial charge is 0.166 e. The van der Waals surface area contributed by atoms with Gasteiger partial charge in [0.2, 0.25) is 0 Å². The molecule has 0 bridgehead atoms. The highest BCUT2D eigenvalue weighted by atomic mass is 19.1. The van der Waals surface area contributed by atoms with E-state index in [0.717, 1.165) is 5.56 Å². The molecule has 0 amide bonds. The number of benzene rings is 1. The number of nitrogens with zero attached hydrogens (tertiary/aromatic N) is 2. The van der Waals surface area contributed by atoms with Crippen LogP contribution in [0.4, 0.5) is 10.1 Å². The highest BCUT2D eigenvalue weighted by Gasteiger charge is 2.04. The number of phenolic OH excluding ortho intramolecular Hbond substituents is 1. The minimum absolute atomic E-state index is 0.368. The van der Waals surface area contributed by atoms with E-state index in [2.05, 4.69) is 11.4 Å². The molecule has 0 aliphatic heterocycles. The van der Waals surface area contributed by atoms with Gasteiger partial charge in [0, 0.05) is 31.5 Å². The quantitative estimate of drug-likeness (QED) is 0.816. The molecule has 0 atom stereocenters. The minimum atomic E-state index is -0.661. The second-order valence-corrected chi connectivity index (χ2v) is 3.98. The average Bonchev–Trinajstić information content (AvgIpc) is 2.71. The fraction of sp³-hybridized carbons (Fsp3) is 0.154. The largest absolute Gasteiger partial charge is 0.505 e. The summed E-state index contributed by atoms with van der Waals surface area (Å²) in [7, 11) is 1.79. The molecule has 5 heteroatoms. The van der Waals surface area contributed by atoms with Gasteiger partial charge < -0.3 is 15.0 Å². The van der Waals surface area contributed by atoms with Gasteiger partial charge in [0.15, 0.2) is 11.6 Å². The van der Waals surface area contributed by atoms with Gasteiger partial charge in [-0.2, -0.15) is 5.26 Å². The number of phenols is 1. The van der Waals surface area contributed by atoms with Crippen LogP contribution in [-0.2, 0) is 13.6 Å². The standard InChI is InChI=1S/C13H12FN3O/c1-17-8-9(4-11(17)6-15)7-16-10-2-3-13(18)12(14)5-10/h2-5,8,16,18H,7H2,1H3. The van der Waals surface area contributed by atoms with Crippen molar-refractivity contribution >= 4 is 5.69 Å². The first-order valence-electron chi connectivity index (χ1n) is 5.38. The third-order valence-electron chi connectivity index (χ3n) is 2.62. The fourth-order valence-corrected chi connectivity index (χ4v) is 1.66. The van der Waals surface area contributed by atoms with Crippen LogP contribution in [0.25, 0.3) is 0 Å². The summed E-state index contributed by atoms with van der Waals surface area (Å²) >= 11 is 0. The SMILES string of the molecule is Cn1cc(CNc2ccc(O)c(F)c2)cc1C#N. The molecule has 2 N–H and O–H groups in total. The highest BCUT2D eigenvalue weighted by Crippen LogP contribution is 2.20. The number of hydrogen-bond acceptors (Lipinski definition) is 3. The zero-order valence-electron chi connectivity index (χ0n) is 9.81. The molecule has 0 spiro atoms. The van der Waals surface area contributed by atoms with E-state index in [1.807, 2.05) is 6.20 Å². The molecule has 4 nitrogen and oxygen atoms in total. The zero-order chi connectivity index (χ0) is 13.1. The topological polar surface area (TPSA) is 61.0 Å². The summed E-state index contributed by atoms with van der Waals surface area (Å²) in [6.45, 7) is 0.486. The maximum absolute atomic E-state index is 13.1. The summed E-state index contributed by atoms with van der Waals surface area (Å²) in [5.41, 5.74) is 2.08. The van der Waals surface area contributed by atoms with Gasteiger partial charge in [-0.25, -0.2) is 4.39 Å². The molecule has 0 saturated heterocycles. The molecule has 2 aromatic rings. The zero-order valence-corrected chi connectivity index (χ0v) is 9.81. The van der Waals surface area contributed by atoms with E-state index < -0.39 is 5.82 Å².